The maximum Gasteiger partial charge on any atom is 0.257 e. The summed E-state index contributed by atoms with van der Waals surface area (Å²) in [4.78, 5) is 16.7. The van der Waals surface area contributed by atoms with Crippen molar-refractivity contribution >= 4 is 16.9 Å². The molecule has 8 heteroatoms. The number of fused-ring (bicyclic) bond motifs is 2. The molecule has 2 aromatic heterocycles. The number of hydrogen-bond donors (Lipinski definition) is 3. The summed E-state index contributed by atoms with van der Waals surface area (Å²) in [7, 11) is 0. The van der Waals surface area contributed by atoms with E-state index in [-0.39, 0.29) is 31.1 Å². The van der Waals surface area contributed by atoms with Gasteiger partial charge in [0, 0.05) is 23.7 Å². The molecule has 3 heterocycles. The minimum absolute atomic E-state index is 0.0866. The van der Waals surface area contributed by atoms with Gasteiger partial charge in [-0.1, -0.05) is 6.07 Å². The van der Waals surface area contributed by atoms with Gasteiger partial charge in [-0.25, -0.2) is 0 Å². The Morgan fingerprint density at radius 3 is 2.93 bits per heavy atom. The maximum absolute atomic E-state index is 12.6. The molecule has 1 aliphatic rings. The van der Waals surface area contributed by atoms with Crippen LogP contribution in [0.15, 0.2) is 34.9 Å². The number of carbonyl (C=O) groups excluding carboxylic acids is 1. The third-order valence-electron chi connectivity index (χ3n) is 4.38. The highest BCUT2D eigenvalue weighted by atomic mass is 16.7. The molecule has 4 rings (SSSR count). The second kappa shape index (κ2) is 6.73. The Labute approximate surface area is 153 Å². The fourth-order valence-electron chi connectivity index (χ4n) is 2.92. The van der Waals surface area contributed by atoms with Crippen molar-refractivity contribution in [1.29, 1.82) is 5.41 Å². The van der Waals surface area contributed by atoms with Crippen LogP contribution in [0.2, 0.25) is 0 Å². The van der Waals surface area contributed by atoms with Gasteiger partial charge in [0.15, 0.2) is 17.1 Å². The van der Waals surface area contributed by atoms with E-state index in [1.54, 1.807) is 25.1 Å². The highest BCUT2D eigenvalue weighted by molar-refractivity contribution is 5.97. The molecule has 0 saturated heterocycles. The molecule has 1 amide bonds. The van der Waals surface area contributed by atoms with E-state index in [2.05, 4.69) is 10.3 Å². The monoisotopic (exact) mass is 367 g/mol. The molecule has 0 spiro atoms. The first kappa shape index (κ1) is 17.0. The molecular formula is C19H17N3O5. The number of hydrogen-bond acceptors (Lipinski definition) is 7. The topological polar surface area (TPSA) is 118 Å². The summed E-state index contributed by atoms with van der Waals surface area (Å²) in [6, 6.07) is 6.97. The molecular weight excluding hydrogens is 350 g/mol. The van der Waals surface area contributed by atoms with Crippen molar-refractivity contribution in [2.45, 2.75) is 20.1 Å². The van der Waals surface area contributed by atoms with E-state index in [1.807, 2.05) is 6.07 Å². The second-order valence-electron chi connectivity index (χ2n) is 6.13. The van der Waals surface area contributed by atoms with Gasteiger partial charge in [0.2, 0.25) is 12.3 Å². The van der Waals surface area contributed by atoms with Crippen LogP contribution in [-0.2, 0) is 13.2 Å². The van der Waals surface area contributed by atoms with Crippen molar-refractivity contribution in [3.05, 3.63) is 58.4 Å². The lowest BCUT2D eigenvalue weighted by Crippen LogP contribution is -2.28. The van der Waals surface area contributed by atoms with Crippen LogP contribution in [0.25, 0.3) is 11.0 Å². The number of carbonyl (C=O) groups is 1. The van der Waals surface area contributed by atoms with Crippen molar-refractivity contribution < 1.29 is 23.8 Å². The molecule has 0 fully saturated rings. The molecule has 0 aliphatic carbocycles. The minimum Gasteiger partial charge on any atom is -0.454 e. The molecule has 1 aliphatic heterocycles. The van der Waals surface area contributed by atoms with Gasteiger partial charge in [-0.15, -0.1) is 0 Å². The fraction of sp³-hybridized carbons (Fsp3) is 0.211. The van der Waals surface area contributed by atoms with Crippen LogP contribution < -0.4 is 20.3 Å². The smallest absolute Gasteiger partial charge is 0.257 e. The summed E-state index contributed by atoms with van der Waals surface area (Å²) in [6.07, 6.45) is 1.53. The summed E-state index contributed by atoms with van der Waals surface area (Å²) in [6.45, 7) is 1.95. The molecule has 1 aromatic carbocycles. The van der Waals surface area contributed by atoms with Crippen molar-refractivity contribution in [1.82, 2.24) is 10.3 Å². The Bertz CT molecular complexity index is 1110. The molecule has 3 N–H and O–H groups in total. The second-order valence-corrected chi connectivity index (χ2v) is 6.13. The highest BCUT2D eigenvalue weighted by Gasteiger charge is 2.16. The average molecular weight is 367 g/mol. The summed E-state index contributed by atoms with van der Waals surface area (Å²) in [5.41, 5.74) is 2.17. The molecule has 27 heavy (non-hydrogen) atoms. The Kier molecular flexibility index (Phi) is 4.25. The summed E-state index contributed by atoms with van der Waals surface area (Å²) in [5, 5.41) is 20.9. The number of benzene rings is 1. The van der Waals surface area contributed by atoms with Crippen molar-refractivity contribution in [2.24, 2.45) is 0 Å². The van der Waals surface area contributed by atoms with Crippen LogP contribution in [0, 0.1) is 12.3 Å². The highest BCUT2D eigenvalue weighted by Crippen LogP contribution is 2.32. The van der Waals surface area contributed by atoms with E-state index in [0.717, 1.165) is 5.56 Å². The zero-order valence-corrected chi connectivity index (χ0v) is 14.5. The van der Waals surface area contributed by atoms with Gasteiger partial charge < -0.3 is 24.3 Å². The van der Waals surface area contributed by atoms with Gasteiger partial charge in [-0.3, -0.25) is 15.2 Å². The lowest BCUT2D eigenvalue weighted by atomic mass is 10.1. The Balaban J connectivity index is 1.60. The molecule has 0 unspecified atom stereocenters. The summed E-state index contributed by atoms with van der Waals surface area (Å²) < 4.78 is 16.1. The van der Waals surface area contributed by atoms with Crippen LogP contribution in [-0.4, -0.2) is 22.8 Å². The zero-order chi connectivity index (χ0) is 19.0. The number of ether oxygens (including phenoxy) is 2. The largest absolute Gasteiger partial charge is 0.454 e. The van der Waals surface area contributed by atoms with E-state index in [0.29, 0.717) is 33.7 Å². The van der Waals surface area contributed by atoms with E-state index < -0.39 is 5.91 Å². The third kappa shape index (κ3) is 3.11. The van der Waals surface area contributed by atoms with Gasteiger partial charge in [0.25, 0.3) is 5.91 Å². The number of amides is 1. The Morgan fingerprint density at radius 2 is 2.11 bits per heavy atom. The minimum atomic E-state index is -0.443. The molecule has 8 nitrogen and oxygen atoms in total. The van der Waals surface area contributed by atoms with Crippen LogP contribution in [0.5, 0.6) is 11.5 Å². The fourth-order valence-corrected chi connectivity index (χ4v) is 2.92. The van der Waals surface area contributed by atoms with Gasteiger partial charge in [0.05, 0.1) is 12.3 Å². The number of aryl methyl sites for hydroxylation is 1. The molecule has 0 bridgehead atoms. The van der Waals surface area contributed by atoms with Crippen molar-refractivity contribution in [3.63, 3.8) is 0 Å². The molecule has 0 saturated carbocycles. The third-order valence-corrected chi connectivity index (χ3v) is 4.38. The summed E-state index contributed by atoms with van der Waals surface area (Å²) in [5.74, 6) is 0.869. The number of nitrogens with zero attached hydrogens (tertiary/aromatic N) is 1. The predicted molar refractivity (Wildman–Crippen MR) is 94.3 cm³/mol. The Hall–Kier alpha value is -3.39. The maximum atomic E-state index is 12.6. The number of aliphatic hydroxyl groups is 1. The zero-order valence-electron chi connectivity index (χ0n) is 14.5. The average Bonchev–Trinajstić information content (AvgIpc) is 3.14. The first-order valence-corrected chi connectivity index (χ1v) is 8.31. The van der Waals surface area contributed by atoms with Crippen molar-refractivity contribution in [2.75, 3.05) is 6.79 Å². The molecule has 3 aromatic rings. The normalized spacial score (nSPS) is 12.4. The standard InChI is InChI=1S/C19H17N3O5/c1-10-17-13(12(8-23)7-21-10)5-14(18(20)27-17)19(24)22-6-11-2-3-15-16(4-11)26-9-25-15/h2-5,7,20,23H,6,8-9H2,1H3,(H,22,24). The molecule has 138 valence electrons. The lowest BCUT2D eigenvalue weighted by Gasteiger charge is -2.09. The van der Waals surface area contributed by atoms with Gasteiger partial charge in [-0.05, 0) is 30.7 Å². The van der Waals surface area contributed by atoms with Crippen molar-refractivity contribution in [3.8, 4) is 11.5 Å². The number of nitrogens with one attached hydrogen (secondary N) is 2. The van der Waals surface area contributed by atoms with Crippen LogP contribution in [0.3, 0.4) is 0 Å². The number of aromatic nitrogens is 1. The summed E-state index contributed by atoms with van der Waals surface area (Å²) >= 11 is 0. The first-order chi connectivity index (χ1) is 13.1. The lowest BCUT2D eigenvalue weighted by molar-refractivity contribution is 0.0946. The number of aliphatic hydroxyl groups excluding tert-OH is 1. The van der Waals surface area contributed by atoms with Gasteiger partial charge in [-0.2, -0.15) is 0 Å². The van der Waals surface area contributed by atoms with E-state index >= 15 is 0 Å². The first-order valence-electron chi connectivity index (χ1n) is 8.31. The van der Waals surface area contributed by atoms with Crippen LogP contribution >= 0.6 is 0 Å². The van der Waals surface area contributed by atoms with E-state index in [4.69, 9.17) is 19.3 Å². The van der Waals surface area contributed by atoms with Gasteiger partial charge >= 0.3 is 0 Å². The predicted octanol–water partition coefficient (Wildman–Crippen LogP) is 1.77. The quantitative estimate of drug-likeness (QED) is 0.647. The number of rotatable bonds is 4. The van der Waals surface area contributed by atoms with E-state index in [9.17, 15) is 9.90 Å². The Morgan fingerprint density at radius 1 is 1.30 bits per heavy atom. The van der Waals surface area contributed by atoms with E-state index in [1.165, 1.54) is 6.20 Å². The van der Waals surface area contributed by atoms with Crippen LogP contribution in [0.1, 0.15) is 27.2 Å². The number of pyridine rings is 1. The van der Waals surface area contributed by atoms with Gasteiger partial charge in [0.1, 0.15) is 5.56 Å². The molecule has 0 atom stereocenters. The SMILES string of the molecule is Cc1ncc(CO)c2cc(C(=O)NCc3ccc4c(c3)OCO4)c(=N)oc12. The van der Waals surface area contributed by atoms with Crippen LogP contribution in [0.4, 0.5) is 0 Å². The molecule has 0 radical (unpaired) electrons.